The molecule has 1 amide bonds. The lowest BCUT2D eigenvalue weighted by Crippen LogP contribution is -2.18. The number of nitrogens with zero attached hydrogens (tertiary/aromatic N) is 2. The summed E-state index contributed by atoms with van der Waals surface area (Å²) in [6.45, 7) is 1.96. The van der Waals surface area contributed by atoms with Crippen LogP contribution in [0.15, 0.2) is 47.7 Å². The Hall–Kier alpha value is -2.66. The molecule has 0 aliphatic carbocycles. The van der Waals surface area contributed by atoms with Gasteiger partial charge in [-0.05, 0) is 25.1 Å². The van der Waals surface area contributed by atoms with E-state index in [-0.39, 0.29) is 10.7 Å². The van der Waals surface area contributed by atoms with Crippen molar-refractivity contribution in [3.8, 4) is 0 Å². The first-order chi connectivity index (χ1) is 10.7. The van der Waals surface area contributed by atoms with Gasteiger partial charge in [-0.15, -0.1) is 0 Å². The number of aryl methyl sites for hydroxylation is 1. The molecule has 6 heteroatoms. The summed E-state index contributed by atoms with van der Waals surface area (Å²) in [5.74, 6) is -0.396. The van der Waals surface area contributed by atoms with E-state index < -0.39 is 5.91 Å². The second-order valence-electron chi connectivity index (χ2n) is 4.75. The number of nitrogens with one attached hydrogen (secondary N) is 2. The molecule has 22 heavy (non-hydrogen) atoms. The smallest absolute Gasteiger partial charge is 0.274 e. The highest BCUT2D eigenvalue weighted by atomic mass is 35.5. The van der Waals surface area contributed by atoms with Crippen LogP contribution < -0.4 is 5.43 Å². The van der Waals surface area contributed by atoms with Crippen molar-refractivity contribution in [2.75, 3.05) is 0 Å². The maximum absolute atomic E-state index is 12.0. The zero-order valence-corrected chi connectivity index (χ0v) is 12.6. The molecule has 110 valence electrons. The van der Waals surface area contributed by atoms with Gasteiger partial charge in [-0.3, -0.25) is 4.79 Å². The molecule has 2 N–H and O–H groups in total. The van der Waals surface area contributed by atoms with E-state index in [1.54, 1.807) is 18.3 Å². The number of hydrazone groups is 1. The Morgan fingerprint density at radius 2 is 2.14 bits per heavy atom. The molecule has 0 spiro atoms. The minimum Gasteiger partial charge on any atom is -0.358 e. The zero-order chi connectivity index (χ0) is 15.5. The number of benzene rings is 1. The summed E-state index contributed by atoms with van der Waals surface area (Å²) >= 11 is 5.87. The third-order valence-corrected chi connectivity index (χ3v) is 3.61. The molecular weight excluding hydrogens is 300 g/mol. The van der Waals surface area contributed by atoms with Crippen LogP contribution in [-0.4, -0.2) is 22.1 Å². The van der Waals surface area contributed by atoms with Gasteiger partial charge < -0.3 is 4.98 Å². The monoisotopic (exact) mass is 312 g/mol. The summed E-state index contributed by atoms with van der Waals surface area (Å²) in [6.07, 6.45) is 3.15. The van der Waals surface area contributed by atoms with Crippen molar-refractivity contribution in [3.63, 3.8) is 0 Å². The largest absolute Gasteiger partial charge is 0.358 e. The van der Waals surface area contributed by atoms with Crippen LogP contribution in [0.3, 0.4) is 0 Å². The Bertz CT molecular complexity index is 869. The van der Waals surface area contributed by atoms with Crippen molar-refractivity contribution in [1.82, 2.24) is 15.4 Å². The molecule has 0 aliphatic heterocycles. The first kappa shape index (κ1) is 14.3. The van der Waals surface area contributed by atoms with Crippen LogP contribution in [0.25, 0.3) is 10.9 Å². The lowest BCUT2D eigenvalue weighted by atomic mass is 10.1. The van der Waals surface area contributed by atoms with Gasteiger partial charge in [0.05, 0.1) is 11.8 Å². The second kappa shape index (κ2) is 5.99. The average molecular weight is 313 g/mol. The Balaban J connectivity index is 1.81. The number of halogens is 1. The molecule has 2 heterocycles. The molecule has 0 radical (unpaired) electrons. The van der Waals surface area contributed by atoms with Gasteiger partial charge in [-0.25, -0.2) is 10.4 Å². The van der Waals surface area contributed by atoms with Gasteiger partial charge >= 0.3 is 0 Å². The zero-order valence-electron chi connectivity index (χ0n) is 11.8. The molecule has 1 aromatic carbocycles. The molecule has 3 rings (SSSR count). The van der Waals surface area contributed by atoms with E-state index in [0.29, 0.717) is 0 Å². The predicted octanol–water partition coefficient (Wildman–Crippen LogP) is 3.29. The number of H-pyrrole nitrogens is 1. The summed E-state index contributed by atoms with van der Waals surface area (Å²) in [4.78, 5) is 19.1. The molecule has 0 saturated carbocycles. The van der Waals surface area contributed by atoms with Crippen molar-refractivity contribution in [1.29, 1.82) is 0 Å². The standard InChI is InChI=1S/C16H13ClN4O/c1-10-13(11-5-2-3-7-14(11)20-10)9-19-21-16(22)12-6-4-8-18-15(12)17/h2-9,20H,1H3,(H,21,22)/b19-9+. The SMILES string of the molecule is Cc1[nH]c2ccccc2c1/C=N/NC(=O)c1cccnc1Cl. The van der Waals surface area contributed by atoms with Crippen LogP contribution in [-0.2, 0) is 0 Å². The van der Waals surface area contributed by atoms with Crippen molar-refractivity contribution >= 4 is 34.6 Å². The maximum Gasteiger partial charge on any atom is 0.274 e. The first-order valence-corrected chi connectivity index (χ1v) is 7.06. The third kappa shape index (κ3) is 2.71. The summed E-state index contributed by atoms with van der Waals surface area (Å²) < 4.78 is 0. The van der Waals surface area contributed by atoms with E-state index in [9.17, 15) is 4.79 Å². The molecule has 0 atom stereocenters. The molecule has 0 unspecified atom stereocenters. The van der Waals surface area contributed by atoms with E-state index in [2.05, 4.69) is 20.5 Å². The Morgan fingerprint density at radius 1 is 1.32 bits per heavy atom. The Kier molecular flexibility index (Phi) is 3.89. The molecule has 3 aromatic rings. The van der Waals surface area contributed by atoms with E-state index in [1.165, 1.54) is 6.20 Å². The Labute approximate surface area is 132 Å². The fraction of sp³-hybridized carbons (Fsp3) is 0.0625. The molecule has 0 fully saturated rings. The van der Waals surface area contributed by atoms with Crippen LogP contribution in [0.5, 0.6) is 0 Å². The van der Waals surface area contributed by atoms with Crippen LogP contribution in [0, 0.1) is 6.92 Å². The summed E-state index contributed by atoms with van der Waals surface area (Å²) in [5, 5.41) is 5.22. The van der Waals surface area contributed by atoms with E-state index >= 15 is 0 Å². The Morgan fingerprint density at radius 3 is 2.95 bits per heavy atom. The fourth-order valence-corrected chi connectivity index (χ4v) is 2.44. The highest BCUT2D eigenvalue weighted by molar-refractivity contribution is 6.32. The third-order valence-electron chi connectivity index (χ3n) is 3.31. The van der Waals surface area contributed by atoms with Crippen LogP contribution in [0.4, 0.5) is 0 Å². The summed E-state index contributed by atoms with van der Waals surface area (Å²) in [5.41, 5.74) is 5.70. The molecule has 0 saturated heterocycles. The molecule has 0 aliphatic rings. The highest BCUT2D eigenvalue weighted by Gasteiger charge is 2.10. The number of hydrogen-bond donors (Lipinski definition) is 2. The molecule has 5 nitrogen and oxygen atoms in total. The van der Waals surface area contributed by atoms with Crippen molar-refractivity contribution < 1.29 is 4.79 Å². The quantitative estimate of drug-likeness (QED) is 0.442. The lowest BCUT2D eigenvalue weighted by Gasteiger charge is -2.01. The number of carbonyl (C=O) groups is 1. The second-order valence-corrected chi connectivity index (χ2v) is 5.11. The number of carbonyl (C=O) groups excluding carboxylic acids is 1. The number of amides is 1. The van der Waals surface area contributed by atoms with Gasteiger partial charge in [0.25, 0.3) is 5.91 Å². The number of aromatic nitrogens is 2. The van der Waals surface area contributed by atoms with Gasteiger partial charge in [0, 0.05) is 28.4 Å². The van der Waals surface area contributed by atoms with E-state index in [1.807, 2.05) is 31.2 Å². The summed E-state index contributed by atoms with van der Waals surface area (Å²) in [7, 11) is 0. The summed E-state index contributed by atoms with van der Waals surface area (Å²) in [6, 6.07) is 11.2. The molecule has 2 aromatic heterocycles. The van der Waals surface area contributed by atoms with Crippen molar-refractivity contribution in [2.45, 2.75) is 6.92 Å². The van der Waals surface area contributed by atoms with Crippen LogP contribution in [0.2, 0.25) is 5.15 Å². The maximum atomic E-state index is 12.0. The van der Waals surface area contributed by atoms with Gasteiger partial charge in [-0.2, -0.15) is 5.10 Å². The van der Waals surface area contributed by atoms with E-state index in [4.69, 9.17) is 11.6 Å². The number of rotatable bonds is 3. The first-order valence-electron chi connectivity index (χ1n) is 6.68. The number of fused-ring (bicyclic) bond motifs is 1. The van der Waals surface area contributed by atoms with Gasteiger partial charge in [0.2, 0.25) is 0 Å². The number of pyridine rings is 1. The van der Waals surface area contributed by atoms with Crippen molar-refractivity contribution in [3.05, 3.63) is 64.6 Å². The minimum absolute atomic E-state index is 0.151. The fourth-order valence-electron chi connectivity index (χ4n) is 2.24. The number of hydrogen-bond acceptors (Lipinski definition) is 3. The van der Waals surface area contributed by atoms with Gasteiger partial charge in [0.15, 0.2) is 0 Å². The molecular formula is C16H13ClN4O. The van der Waals surface area contributed by atoms with Crippen LogP contribution in [0.1, 0.15) is 21.6 Å². The predicted molar refractivity (Wildman–Crippen MR) is 87.3 cm³/mol. The minimum atomic E-state index is -0.396. The van der Waals surface area contributed by atoms with Gasteiger partial charge in [0.1, 0.15) is 5.15 Å². The van der Waals surface area contributed by atoms with Gasteiger partial charge in [-0.1, -0.05) is 29.8 Å². The van der Waals surface area contributed by atoms with Crippen molar-refractivity contribution in [2.24, 2.45) is 5.10 Å². The topological polar surface area (TPSA) is 70.1 Å². The van der Waals surface area contributed by atoms with E-state index in [0.717, 1.165) is 22.2 Å². The normalized spacial score (nSPS) is 11.2. The van der Waals surface area contributed by atoms with Crippen LogP contribution >= 0.6 is 11.6 Å². The lowest BCUT2D eigenvalue weighted by molar-refractivity contribution is 0.0955. The highest BCUT2D eigenvalue weighted by Crippen LogP contribution is 2.19. The number of aromatic amines is 1. The average Bonchev–Trinajstić information content (AvgIpc) is 2.83. The number of para-hydroxylation sites is 1. The molecule has 0 bridgehead atoms.